The number of fused-ring (bicyclic) bond motifs is 2. The van der Waals surface area contributed by atoms with Crippen LogP contribution in [0.5, 0.6) is 11.5 Å². The summed E-state index contributed by atoms with van der Waals surface area (Å²) in [6.45, 7) is 6.29. The molecule has 0 aromatic heterocycles. The van der Waals surface area contributed by atoms with E-state index in [1.807, 2.05) is 6.92 Å². The zero-order valence-corrected chi connectivity index (χ0v) is 14.4. The number of phenols is 1. The van der Waals surface area contributed by atoms with Gasteiger partial charge in [-0.15, -0.1) is 0 Å². The molecule has 4 heteroatoms. The van der Waals surface area contributed by atoms with Gasteiger partial charge in [0.1, 0.15) is 11.5 Å². The smallest absolute Gasteiger partial charge is 0.215 e. The molecule has 23 heavy (non-hydrogen) atoms. The first kappa shape index (κ1) is 15.3. The van der Waals surface area contributed by atoms with E-state index in [0.29, 0.717) is 5.75 Å². The summed E-state index contributed by atoms with van der Waals surface area (Å²) in [6.07, 6.45) is 4.34. The van der Waals surface area contributed by atoms with Gasteiger partial charge >= 0.3 is 0 Å². The van der Waals surface area contributed by atoms with Crippen molar-refractivity contribution < 1.29 is 19.3 Å². The maximum absolute atomic E-state index is 10.4. The molecule has 2 heterocycles. The highest BCUT2D eigenvalue weighted by Gasteiger charge is 2.55. The lowest BCUT2D eigenvalue weighted by Crippen LogP contribution is -2.54. The van der Waals surface area contributed by atoms with Gasteiger partial charge in [0, 0.05) is 31.1 Å². The summed E-state index contributed by atoms with van der Waals surface area (Å²) >= 11 is 0. The highest BCUT2D eigenvalue weighted by molar-refractivity contribution is 5.56. The van der Waals surface area contributed by atoms with Crippen molar-refractivity contribution >= 4 is 0 Å². The molecule has 5 atom stereocenters. The number of aromatic hydroxyl groups is 1. The average Bonchev–Trinajstić information content (AvgIpc) is 2.55. The lowest BCUT2D eigenvalue weighted by molar-refractivity contribution is -0.262. The van der Waals surface area contributed by atoms with Crippen LogP contribution in [0.25, 0.3) is 0 Å². The van der Waals surface area contributed by atoms with Crippen molar-refractivity contribution in [3.63, 3.8) is 0 Å². The van der Waals surface area contributed by atoms with Crippen molar-refractivity contribution in [2.75, 3.05) is 7.11 Å². The topological polar surface area (TPSA) is 47.9 Å². The maximum Gasteiger partial charge on any atom is 0.215 e. The zero-order valence-electron chi connectivity index (χ0n) is 14.4. The second kappa shape index (κ2) is 5.12. The van der Waals surface area contributed by atoms with Gasteiger partial charge < -0.3 is 19.3 Å². The molecular weight excluding hydrogens is 292 g/mol. The monoisotopic (exact) mass is 318 g/mol. The van der Waals surface area contributed by atoms with Gasteiger partial charge in [-0.25, -0.2) is 0 Å². The van der Waals surface area contributed by atoms with E-state index in [1.165, 1.54) is 12.0 Å². The van der Waals surface area contributed by atoms with E-state index in [9.17, 15) is 5.11 Å². The number of hydrogen-bond acceptors (Lipinski definition) is 4. The van der Waals surface area contributed by atoms with Crippen LogP contribution in [0.1, 0.15) is 68.2 Å². The number of rotatable bonds is 1. The Balaban J connectivity index is 1.95. The maximum atomic E-state index is 10.4. The van der Waals surface area contributed by atoms with Crippen LogP contribution in [0, 0.1) is 12.8 Å². The van der Waals surface area contributed by atoms with Gasteiger partial charge in [-0.05, 0) is 37.8 Å². The Bertz CT molecular complexity index is 641. The van der Waals surface area contributed by atoms with E-state index in [2.05, 4.69) is 13.8 Å². The van der Waals surface area contributed by atoms with Crippen LogP contribution in [0.2, 0.25) is 0 Å². The Morgan fingerprint density at radius 1 is 1.26 bits per heavy atom. The van der Waals surface area contributed by atoms with Crippen molar-refractivity contribution in [2.45, 2.75) is 70.4 Å². The third-order valence-corrected chi connectivity index (χ3v) is 6.27. The molecule has 1 aliphatic carbocycles. The molecule has 4 rings (SSSR count). The Morgan fingerprint density at radius 3 is 2.78 bits per heavy atom. The molecule has 0 amide bonds. The molecular formula is C19H26O4. The summed E-state index contributed by atoms with van der Waals surface area (Å²) in [5, 5.41) is 10.4. The summed E-state index contributed by atoms with van der Waals surface area (Å²) in [5.74, 6) is 0.890. The molecule has 2 aliphatic heterocycles. The van der Waals surface area contributed by atoms with Gasteiger partial charge in [0.15, 0.2) is 0 Å². The first-order chi connectivity index (χ1) is 11.0. The van der Waals surface area contributed by atoms with Crippen molar-refractivity contribution in [3.05, 3.63) is 22.8 Å². The first-order valence-electron chi connectivity index (χ1n) is 8.74. The molecule has 0 unspecified atom stereocenters. The van der Waals surface area contributed by atoms with E-state index in [1.54, 1.807) is 13.2 Å². The molecule has 126 valence electrons. The van der Waals surface area contributed by atoms with Crippen LogP contribution in [0.3, 0.4) is 0 Å². The fraction of sp³-hybridized carbons (Fsp3) is 0.684. The Hall–Kier alpha value is -1.26. The van der Waals surface area contributed by atoms with Gasteiger partial charge in [-0.1, -0.05) is 13.3 Å². The van der Waals surface area contributed by atoms with Crippen molar-refractivity contribution in [1.29, 1.82) is 0 Å². The summed E-state index contributed by atoms with van der Waals surface area (Å²) in [7, 11) is 1.73. The molecule has 0 spiro atoms. The van der Waals surface area contributed by atoms with Crippen LogP contribution >= 0.6 is 0 Å². The van der Waals surface area contributed by atoms with Crippen LogP contribution in [0.4, 0.5) is 0 Å². The quantitative estimate of drug-likeness (QED) is 0.843. The zero-order chi connectivity index (χ0) is 16.4. The molecule has 1 aromatic carbocycles. The van der Waals surface area contributed by atoms with Gasteiger partial charge in [0.05, 0.1) is 18.1 Å². The Kier molecular flexibility index (Phi) is 3.40. The van der Waals surface area contributed by atoms with Gasteiger partial charge in [0.2, 0.25) is 5.79 Å². The lowest BCUT2D eigenvalue weighted by Gasteiger charge is -2.53. The van der Waals surface area contributed by atoms with E-state index < -0.39 is 5.79 Å². The summed E-state index contributed by atoms with van der Waals surface area (Å²) in [4.78, 5) is 0. The molecule has 1 N–H and O–H groups in total. The minimum Gasteiger partial charge on any atom is -0.508 e. The van der Waals surface area contributed by atoms with Crippen molar-refractivity contribution in [1.82, 2.24) is 0 Å². The molecule has 1 saturated carbocycles. The SMILES string of the molecule is CO[C@]12CCCC[C@@H]1[C@H]1O[C@H](C)[C@@H](C)c3c(C)c(O)cc(c31)O2. The predicted molar refractivity (Wildman–Crippen MR) is 86.9 cm³/mol. The van der Waals surface area contributed by atoms with Crippen molar-refractivity contribution in [3.8, 4) is 11.5 Å². The van der Waals surface area contributed by atoms with Gasteiger partial charge in [-0.3, -0.25) is 0 Å². The van der Waals surface area contributed by atoms with Crippen molar-refractivity contribution in [2.24, 2.45) is 5.92 Å². The number of methoxy groups -OCH3 is 1. The third-order valence-electron chi connectivity index (χ3n) is 6.27. The largest absolute Gasteiger partial charge is 0.508 e. The summed E-state index contributed by atoms with van der Waals surface area (Å²) in [5.41, 5.74) is 3.31. The predicted octanol–water partition coefficient (Wildman–Crippen LogP) is 4.19. The minimum atomic E-state index is -0.616. The Morgan fingerprint density at radius 2 is 2.04 bits per heavy atom. The van der Waals surface area contributed by atoms with Crippen LogP contribution in [0.15, 0.2) is 6.07 Å². The second-order valence-electron chi connectivity index (χ2n) is 7.37. The van der Waals surface area contributed by atoms with Crippen LogP contribution in [-0.4, -0.2) is 24.1 Å². The molecule has 4 nitrogen and oxygen atoms in total. The fourth-order valence-corrected chi connectivity index (χ4v) is 4.83. The number of benzene rings is 1. The Labute approximate surface area is 137 Å². The van der Waals surface area contributed by atoms with Crippen LogP contribution < -0.4 is 4.74 Å². The highest BCUT2D eigenvalue weighted by atomic mass is 16.7. The van der Waals surface area contributed by atoms with E-state index in [0.717, 1.165) is 36.1 Å². The minimum absolute atomic E-state index is 0.000463. The highest BCUT2D eigenvalue weighted by Crippen LogP contribution is 2.58. The lowest BCUT2D eigenvalue weighted by atomic mass is 9.71. The van der Waals surface area contributed by atoms with E-state index in [-0.39, 0.29) is 24.0 Å². The fourth-order valence-electron chi connectivity index (χ4n) is 4.83. The third kappa shape index (κ3) is 1.97. The number of ether oxygens (including phenoxy) is 3. The number of phenolic OH excluding ortho intramolecular Hbond substituents is 1. The normalized spacial score (nSPS) is 38.4. The van der Waals surface area contributed by atoms with E-state index in [4.69, 9.17) is 14.2 Å². The number of hydrogen-bond donors (Lipinski definition) is 1. The average molecular weight is 318 g/mol. The molecule has 3 aliphatic rings. The second-order valence-corrected chi connectivity index (χ2v) is 7.37. The molecule has 0 radical (unpaired) electrons. The summed E-state index contributed by atoms with van der Waals surface area (Å²) in [6, 6.07) is 1.75. The molecule has 0 saturated heterocycles. The molecule has 1 aromatic rings. The molecule has 0 bridgehead atoms. The van der Waals surface area contributed by atoms with Crippen LogP contribution in [-0.2, 0) is 9.47 Å². The van der Waals surface area contributed by atoms with Gasteiger partial charge in [-0.2, -0.15) is 0 Å². The first-order valence-corrected chi connectivity index (χ1v) is 8.74. The molecule has 1 fully saturated rings. The standard InChI is InChI=1S/C19H26O4/c1-10-12(3)22-18-13-7-5-6-8-19(13,21-4)23-15-9-14(20)11(2)16(10)17(15)18/h9-10,12-13,18,20H,5-8H2,1-4H3/t10-,12-,13-,18-,19+/m1/s1. The van der Waals surface area contributed by atoms with Gasteiger partial charge in [0.25, 0.3) is 0 Å². The summed E-state index contributed by atoms with van der Waals surface area (Å²) < 4.78 is 18.7. The van der Waals surface area contributed by atoms with E-state index >= 15 is 0 Å².